The highest BCUT2D eigenvalue weighted by atomic mass is 32.2. The van der Waals surface area contributed by atoms with E-state index in [1.165, 1.54) is 42.6 Å². The molecule has 0 fully saturated rings. The molecule has 2 aromatic heterocycles. The van der Waals surface area contributed by atoms with E-state index in [9.17, 15) is 0 Å². The summed E-state index contributed by atoms with van der Waals surface area (Å²) in [6.07, 6.45) is 0. The minimum Gasteiger partial charge on any atom is -0.306 e. The number of aromatic nitrogens is 2. The Morgan fingerprint density at radius 1 is 0.452 bits per heavy atom. The fraction of sp³-hybridized carbons (Fsp3) is 0.556. The smallest absolute Gasteiger partial charge is 0.116 e. The first-order valence-corrected chi connectivity index (χ1v) is 16.7. The summed E-state index contributed by atoms with van der Waals surface area (Å²) in [7, 11) is 0. The SMILES string of the molecule is CC1=C(C)N(c2cc(C(C)(C)C)nc(C(C)(C)C)c2)/C(=C2\SC(C)=C(C)N2c2cc(C(C)(C)C)nc(C(C)(C)C)c2)S1. The average molecular weight is 605 g/mol. The van der Waals surface area contributed by atoms with Crippen LogP contribution in [0.25, 0.3) is 0 Å². The Labute approximate surface area is 264 Å². The van der Waals surface area contributed by atoms with Crippen LogP contribution in [0.4, 0.5) is 11.4 Å². The summed E-state index contributed by atoms with van der Waals surface area (Å²) in [5.41, 5.74) is 9.17. The Kier molecular flexibility index (Phi) is 8.39. The third-order valence-electron chi connectivity index (χ3n) is 7.99. The molecule has 0 saturated carbocycles. The number of hydrogen-bond acceptors (Lipinski definition) is 6. The molecule has 2 aliphatic heterocycles. The summed E-state index contributed by atoms with van der Waals surface area (Å²) in [6.45, 7) is 36.1. The van der Waals surface area contributed by atoms with Gasteiger partial charge in [0.05, 0.1) is 11.4 Å². The molecule has 228 valence electrons. The van der Waals surface area contributed by atoms with E-state index in [-0.39, 0.29) is 21.7 Å². The predicted octanol–water partition coefficient (Wildman–Crippen LogP) is 11.1. The van der Waals surface area contributed by atoms with E-state index in [0.717, 1.165) is 22.8 Å². The van der Waals surface area contributed by atoms with Crippen molar-refractivity contribution in [3.63, 3.8) is 0 Å². The van der Waals surface area contributed by atoms with Gasteiger partial charge in [-0.2, -0.15) is 0 Å². The molecule has 0 atom stereocenters. The first kappa shape index (κ1) is 32.7. The highest BCUT2D eigenvalue weighted by Crippen LogP contribution is 2.54. The summed E-state index contributed by atoms with van der Waals surface area (Å²) in [5, 5.41) is 2.51. The molecule has 6 heteroatoms. The van der Waals surface area contributed by atoms with Crippen LogP contribution < -0.4 is 9.80 Å². The van der Waals surface area contributed by atoms with E-state index in [1.807, 2.05) is 23.5 Å². The van der Waals surface area contributed by atoms with Crippen molar-refractivity contribution in [2.45, 2.75) is 132 Å². The van der Waals surface area contributed by atoms with Crippen LogP contribution in [0.3, 0.4) is 0 Å². The highest BCUT2D eigenvalue weighted by Gasteiger charge is 2.37. The Hall–Kier alpha value is -2.18. The van der Waals surface area contributed by atoms with Crippen molar-refractivity contribution >= 4 is 34.9 Å². The van der Waals surface area contributed by atoms with Crippen LogP contribution in [0.5, 0.6) is 0 Å². The van der Waals surface area contributed by atoms with Crippen molar-refractivity contribution < 1.29 is 0 Å². The summed E-state index contributed by atoms with van der Waals surface area (Å²) in [6, 6.07) is 9.21. The molecule has 0 N–H and O–H groups in total. The van der Waals surface area contributed by atoms with E-state index in [2.05, 4.69) is 145 Å². The lowest BCUT2D eigenvalue weighted by molar-refractivity contribution is 0.531. The number of anilines is 2. The van der Waals surface area contributed by atoms with Gasteiger partial charge in [0.1, 0.15) is 10.1 Å². The van der Waals surface area contributed by atoms with Crippen molar-refractivity contribution in [3.05, 3.63) is 78.3 Å². The van der Waals surface area contributed by atoms with Gasteiger partial charge in [0.2, 0.25) is 0 Å². The second kappa shape index (κ2) is 10.8. The van der Waals surface area contributed by atoms with Crippen molar-refractivity contribution in [1.29, 1.82) is 0 Å². The zero-order valence-electron chi connectivity index (χ0n) is 28.9. The molecule has 0 radical (unpaired) electrons. The molecule has 4 nitrogen and oxygen atoms in total. The normalized spacial score (nSPS) is 19.1. The first-order valence-electron chi connectivity index (χ1n) is 15.1. The van der Waals surface area contributed by atoms with Gasteiger partial charge < -0.3 is 9.80 Å². The van der Waals surface area contributed by atoms with Gasteiger partial charge in [-0.3, -0.25) is 9.97 Å². The lowest BCUT2D eigenvalue weighted by atomic mass is 9.87. The molecule has 2 aromatic rings. The molecule has 4 heterocycles. The molecule has 42 heavy (non-hydrogen) atoms. The second-order valence-electron chi connectivity index (χ2n) is 16.0. The molecule has 0 spiro atoms. The number of pyridine rings is 2. The van der Waals surface area contributed by atoms with Gasteiger partial charge in [-0.25, -0.2) is 0 Å². The molecule has 4 rings (SSSR count). The third-order valence-corrected chi connectivity index (χ3v) is 10.5. The molecule has 0 amide bonds. The van der Waals surface area contributed by atoms with Crippen LogP contribution in [0.1, 0.15) is 134 Å². The number of rotatable bonds is 2. The van der Waals surface area contributed by atoms with Gasteiger partial charge in [0.25, 0.3) is 0 Å². The zero-order valence-corrected chi connectivity index (χ0v) is 30.5. The molecule has 0 unspecified atom stereocenters. The second-order valence-corrected chi connectivity index (χ2v) is 18.4. The number of nitrogens with zero attached hydrogens (tertiary/aromatic N) is 4. The first-order chi connectivity index (χ1) is 19.0. The van der Waals surface area contributed by atoms with Crippen molar-refractivity contribution in [1.82, 2.24) is 9.97 Å². The number of hydrogen-bond donors (Lipinski definition) is 0. The molecule has 0 saturated heterocycles. The summed E-state index contributed by atoms with van der Waals surface area (Å²) < 4.78 is 0. The lowest BCUT2D eigenvalue weighted by Crippen LogP contribution is -2.26. The van der Waals surface area contributed by atoms with E-state index >= 15 is 0 Å². The molecule has 2 aliphatic rings. The largest absolute Gasteiger partial charge is 0.306 e. The highest BCUT2D eigenvalue weighted by molar-refractivity contribution is 8.10. The van der Waals surface area contributed by atoms with Crippen molar-refractivity contribution in [3.8, 4) is 0 Å². The molecule has 0 aliphatic carbocycles. The van der Waals surface area contributed by atoms with Crippen LogP contribution in [-0.2, 0) is 21.7 Å². The van der Waals surface area contributed by atoms with Crippen LogP contribution in [0, 0.1) is 0 Å². The van der Waals surface area contributed by atoms with Crippen LogP contribution in [-0.4, -0.2) is 9.97 Å². The van der Waals surface area contributed by atoms with E-state index in [4.69, 9.17) is 9.97 Å². The van der Waals surface area contributed by atoms with Gasteiger partial charge in [-0.15, -0.1) is 0 Å². The quantitative estimate of drug-likeness (QED) is 0.339. The van der Waals surface area contributed by atoms with Crippen molar-refractivity contribution in [2.24, 2.45) is 0 Å². The monoisotopic (exact) mass is 604 g/mol. The maximum atomic E-state index is 5.17. The zero-order chi connectivity index (χ0) is 31.7. The maximum Gasteiger partial charge on any atom is 0.116 e. The molecule has 0 aromatic carbocycles. The predicted molar refractivity (Wildman–Crippen MR) is 187 cm³/mol. The fourth-order valence-corrected chi connectivity index (χ4v) is 7.21. The Balaban J connectivity index is 2.00. The summed E-state index contributed by atoms with van der Waals surface area (Å²) >= 11 is 3.76. The summed E-state index contributed by atoms with van der Waals surface area (Å²) in [4.78, 5) is 17.9. The van der Waals surface area contributed by atoms with Crippen LogP contribution >= 0.6 is 23.5 Å². The fourth-order valence-electron chi connectivity index (χ4n) is 4.88. The van der Waals surface area contributed by atoms with Crippen molar-refractivity contribution in [2.75, 3.05) is 9.80 Å². The standard InChI is InChI=1S/C36H52N4S2/c1-21-23(3)41-31(39(21)25-17-27(33(5,6)7)37-28(18-25)34(8,9)10)32-40(22(2)24(4)42-32)26-19-29(35(11,12)13)38-30(20-26)36(14,15)16/h17-20H,1-16H3/b32-31+. The van der Waals surface area contributed by atoms with E-state index in [0.29, 0.717) is 0 Å². The third kappa shape index (κ3) is 6.36. The van der Waals surface area contributed by atoms with E-state index < -0.39 is 0 Å². The molecular weight excluding hydrogens is 553 g/mol. The minimum atomic E-state index is -0.0600. The average Bonchev–Trinajstić information content (AvgIpc) is 3.31. The summed E-state index contributed by atoms with van der Waals surface area (Å²) in [5.74, 6) is 0. The Bertz CT molecular complexity index is 1320. The minimum absolute atomic E-state index is 0.0600. The molecule has 0 bridgehead atoms. The van der Waals surface area contributed by atoms with Gasteiger partial charge in [-0.05, 0) is 52.0 Å². The van der Waals surface area contributed by atoms with Gasteiger partial charge in [-0.1, -0.05) is 107 Å². The Morgan fingerprint density at radius 3 is 0.905 bits per heavy atom. The van der Waals surface area contributed by atoms with Gasteiger partial charge in [0.15, 0.2) is 0 Å². The lowest BCUT2D eigenvalue weighted by Gasteiger charge is -2.32. The van der Waals surface area contributed by atoms with Crippen LogP contribution in [0.15, 0.2) is 55.5 Å². The number of allylic oxidation sites excluding steroid dienone is 4. The topological polar surface area (TPSA) is 32.3 Å². The van der Waals surface area contributed by atoms with Crippen LogP contribution in [0.2, 0.25) is 0 Å². The maximum absolute atomic E-state index is 5.17. The van der Waals surface area contributed by atoms with Gasteiger partial charge >= 0.3 is 0 Å². The van der Waals surface area contributed by atoms with E-state index in [1.54, 1.807) is 0 Å². The molecular formula is C36H52N4S2. The van der Waals surface area contributed by atoms with Gasteiger partial charge in [0, 0.05) is 65.6 Å². The Morgan fingerprint density at radius 2 is 0.690 bits per heavy atom. The number of thioether (sulfide) groups is 2.